The van der Waals surface area contributed by atoms with Crippen molar-refractivity contribution in [1.82, 2.24) is 10.3 Å². The van der Waals surface area contributed by atoms with Crippen molar-refractivity contribution in [2.24, 2.45) is 0 Å². The maximum absolute atomic E-state index is 11.1. The van der Waals surface area contributed by atoms with Gasteiger partial charge in [-0.1, -0.05) is 18.2 Å². The molecule has 0 saturated carbocycles. The quantitative estimate of drug-likeness (QED) is 0.700. The Morgan fingerprint density at radius 2 is 2.18 bits per heavy atom. The number of aromatic amines is 1. The van der Waals surface area contributed by atoms with Gasteiger partial charge in [-0.15, -0.1) is 0 Å². The predicted octanol–water partition coefficient (Wildman–Crippen LogP) is 1.83. The van der Waals surface area contributed by atoms with Crippen LogP contribution in [-0.4, -0.2) is 22.1 Å². The smallest absolute Gasteiger partial charge is 0.321 e. The summed E-state index contributed by atoms with van der Waals surface area (Å²) in [4.78, 5) is 14.5. The zero-order valence-corrected chi connectivity index (χ0v) is 9.53. The molecule has 0 amide bonds. The minimum Gasteiger partial charge on any atom is -0.480 e. The number of hydrogen-bond donors (Lipinski definition) is 3. The molecule has 1 aromatic heterocycles. The Balaban J connectivity index is 2.16. The molecule has 2 aromatic rings. The molecule has 3 rings (SSSR count). The number of fused-ring (bicyclic) bond motifs is 3. The van der Waals surface area contributed by atoms with E-state index in [1.54, 1.807) is 0 Å². The number of aliphatic carboxylic acids is 1. The highest BCUT2D eigenvalue weighted by Gasteiger charge is 2.30. The first kappa shape index (κ1) is 10.4. The van der Waals surface area contributed by atoms with Gasteiger partial charge in [0.05, 0.1) is 0 Å². The molecular weight excluding hydrogens is 216 g/mol. The normalized spacial score (nSPS) is 23.6. The molecule has 0 spiro atoms. The van der Waals surface area contributed by atoms with Gasteiger partial charge in [0.1, 0.15) is 6.04 Å². The summed E-state index contributed by atoms with van der Waals surface area (Å²) in [5.41, 5.74) is 3.33. The summed E-state index contributed by atoms with van der Waals surface area (Å²) in [5.74, 6) is -0.784. The van der Waals surface area contributed by atoms with Crippen molar-refractivity contribution in [3.63, 3.8) is 0 Å². The molecule has 88 valence electrons. The van der Waals surface area contributed by atoms with Crippen molar-refractivity contribution >= 4 is 16.9 Å². The van der Waals surface area contributed by atoms with Crippen LogP contribution in [0.5, 0.6) is 0 Å². The van der Waals surface area contributed by atoms with Crippen LogP contribution in [0.25, 0.3) is 10.9 Å². The lowest BCUT2D eigenvalue weighted by Crippen LogP contribution is -2.43. The van der Waals surface area contributed by atoms with Crippen molar-refractivity contribution < 1.29 is 9.90 Å². The van der Waals surface area contributed by atoms with Gasteiger partial charge in [0.25, 0.3) is 0 Å². The van der Waals surface area contributed by atoms with Crippen molar-refractivity contribution in [2.45, 2.75) is 25.4 Å². The van der Waals surface area contributed by atoms with E-state index in [-0.39, 0.29) is 6.04 Å². The van der Waals surface area contributed by atoms with Gasteiger partial charge in [0.15, 0.2) is 0 Å². The van der Waals surface area contributed by atoms with Crippen LogP contribution in [0.3, 0.4) is 0 Å². The van der Waals surface area contributed by atoms with Gasteiger partial charge in [0, 0.05) is 29.1 Å². The average molecular weight is 230 g/mol. The lowest BCUT2D eigenvalue weighted by atomic mass is 9.95. The standard InChI is InChI=1S/C13H14N2O2/c1-7-12-9(6-11(14-7)13(16)17)8-4-2-3-5-10(8)15-12/h2-5,7,11,14-15H,6H2,1H3,(H,16,17)/t7?,11-/m0/s1. The van der Waals surface area contributed by atoms with E-state index in [2.05, 4.69) is 10.3 Å². The number of rotatable bonds is 1. The molecule has 1 unspecified atom stereocenters. The van der Waals surface area contributed by atoms with Crippen LogP contribution in [0.15, 0.2) is 24.3 Å². The van der Waals surface area contributed by atoms with E-state index in [9.17, 15) is 4.79 Å². The van der Waals surface area contributed by atoms with Gasteiger partial charge in [-0.3, -0.25) is 10.1 Å². The van der Waals surface area contributed by atoms with Crippen LogP contribution in [0.1, 0.15) is 24.2 Å². The molecule has 4 nitrogen and oxygen atoms in total. The molecule has 1 aliphatic heterocycles. The van der Waals surface area contributed by atoms with Crippen molar-refractivity contribution in [1.29, 1.82) is 0 Å². The summed E-state index contributed by atoms with van der Waals surface area (Å²) in [6, 6.07) is 7.59. The molecule has 1 aromatic carbocycles. The number of nitrogens with one attached hydrogen (secondary N) is 2. The van der Waals surface area contributed by atoms with Crippen LogP contribution < -0.4 is 5.32 Å². The van der Waals surface area contributed by atoms with Gasteiger partial charge in [-0.25, -0.2) is 0 Å². The molecule has 0 radical (unpaired) electrons. The van der Waals surface area contributed by atoms with E-state index >= 15 is 0 Å². The third kappa shape index (κ3) is 1.52. The Hall–Kier alpha value is -1.81. The molecule has 0 fully saturated rings. The Bertz CT molecular complexity index is 588. The number of H-pyrrole nitrogens is 1. The number of para-hydroxylation sites is 1. The second-order valence-corrected chi connectivity index (χ2v) is 4.55. The van der Waals surface area contributed by atoms with Crippen molar-refractivity contribution in [3.8, 4) is 0 Å². The average Bonchev–Trinajstić information content (AvgIpc) is 2.68. The van der Waals surface area contributed by atoms with Crippen LogP contribution >= 0.6 is 0 Å². The number of benzene rings is 1. The molecular formula is C13H14N2O2. The fourth-order valence-electron chi connectivity index (χ4n) is 2.62. The second kappa shape index (κ2) is 3.60. The summed E-state index contributed by atoms with van der Waals surface area (Å²) in [6.45, 7) is 1.99. The van der Waals surface area contributed by atoms with Crippen LogP contribution in [0.2, 0.25) is 0 Å². The fraction of sp³-hybridized carbons (Fsp3) is 0.308. The Morgan fingerprint density at radius 3 is 2.94 bits per heavy atom. The largest absolute Gasteiger partial charge is 0.480 e. The highest BCUT2D eigenvalue weighted by Crippen LogP contribution is 2.31. The number of carboxylic acid groups (broad SMARTS) is 1. The number of carboxylic acids is 1. The minimum absolute atomic E-state index is 0.0484. The highest BCUT2D eigenvalue weighted by atomic mass is 16.4. The molecule has 3 N–H and O–H groups in total. The van der Waals surface area contributed by atoms with Crippen molar-refractivity contribution in [3.05, 3.63) is 35.5 Å². The van der Waals surface area contributed by atoms with Crippen LogP contribution in [0.4, 0.5) is 0 Å². The third-order valence-corrected chi connectivity index (χ3v) is 3.44. The van der Waals surface area contributed by atoms with Crippen LogP contribution in [0, 0.1) is 0 Å². The van der Waals surface area contributed by atoms with E-state index in [1.807, 2.05) is 31.2 Å². The predicted molar refractivity (Wildman–Crippen MR) is 65.0 cm³/mol. The second-order valence-electron chi connectivity index (χ2n) is 4.55. The number of aromatic nitrogens is 1. The first-order chi connectivity index (χ1) is 8.16. The monoisotopic (exact) mass is 230 g/mol. The van der Waals surface area contributed by atoms with Crippen LogP contribution in [-0.2, 0) is 11.2 Å². The molecule has 2 heterocycles. The van der Waals surface area contributed by atoms with E-state index < -0.39 is 12.0 Å². The number of carbonyl (C=O) groups is 1. The Morgan fingerprint density at radius 1 is 1.41 bits per heavy atom. The first-order valence-corrected chi connectivity index (χ1v) is 5.75. The molecule has 0 bridgehead atoms. The third-order valence-electron chi connectivity index (χ3n) is 3.44. The Kier molecular flexibility index (Phi) is 2.19. The van der Waals surface area contributed by atoms with Gasteiger partial charge < -0.3 is 10.1 Å². The zero-order chi connectivity index (χ0) is 12.0. The van der Waals surface area contributed by atoms with Gasteiger partial charge in [-0.05, 0) is 18.6 Å². The summed E-state index contributed by atoms with van der Waals surface area (Å²) >= 11 is 0. The molecule has 1 aliphatic rings. The van der Waals surface area contributed by atoms with Gasteiger partial charge in [0.2, 0.25) is 0 Å². The summed E-state index contributed by atoms with van der Waals surface area (Å²) < 4.78 is 0. The fourth-order valence-corrected chi connectivity index (χ4v) is 2.62. The van der Waals surface area contributed by atoms with Gasteiger partial charge >= 0.3 is 5.97 Å². The summed E-state index contributed by atoms with van der Waals surface area (Å²) in [7, 11) is 0. The molecule has 0 aliphatic carbocycles. The maximum Gasteiger partial charge on any atom is 0.321 e. The topological polar surface area (TPSA) is 65.1 Å². The van der Waals surface area contributed by atoms with Gasteiger partial charge in [-0.2, -0.15) is 0 Å². The molecule has 2 atom stereocenters. The minimum atomic E-state index is -0.784. The van der Waals surface area contributed by atoms with Crippen molar-refractivity contribution in [2.75, 3.05) is 0 Å². The van der Waals surface area contributed by atoms with E-state index in [0.717, 1.165) is 22.2 Å². The molecule has 0 saturated heterocycles. The molecule has 17 heavy (non-hydrogen) atoms. The van der Waals surface area contributed by atoms with E-state index in [4.69, 9.17) is 5.11 Å². The summed E-state index contributed by atoms with van der Waals surface area (Å²) in [6.07, 6.45) is 0.541. The number of hydrogen-bond acceptors (Lipinski definition) is 2. The lowest BCUT2D eigenvalue weighted by Gasteiger charge is -2.26. The van der Waals surface area contributed by atoms with E-state index in [0.29, 0.717) is 6.42 Å². The summed E-state index contributed by atoms with van der Waals surface area (Å²) in [5, 5.41) is 13.4. The lowest BCUT2D eigenvalue weighted by molar-refractivity contribution is -0.139. The highest BCUT2D eigenvalue weighted by molar-refractivity contribution is 5.86. The first-order valence-electron chi connectivity index (χ1n) is 5.75. The zero-order valence-electron chi connectivity index (χ0n) is 9.53. The molecule has 4 heteroatoms. The maximum atomic E-state index is 11.1. The Labute approximate surface area is 98.6 Å². The van der Waals surface area contributed by atoms with E-state index in [1.165, 1.54) is 0 Å². The SMILES string of the molecule is CC1N[C@H](C(=O)O)Cc2c1[nH]c1ccccc21.